The molecule has 0 aliphatic heterocycles. The molecule has 4 heteroatoms. The lowest BCUT2D eigenvalue weighted by molar-refractivity contribution is 0.0778. The Morgan fingerprint density at radius 1 is 1.39 bits per heavy atom. The maximum absolute atomic E-state index is 9.44. The Morgan fingerprint density at radius 2 is 2.17 bits per heavy atom. The summed E-state index contributed by atoms with van der Waals surface area (Å²) in [6, 6.07) is 11.0. The lowest BCUT2D eigenvalue weighted by Crippen LogP contribution is -2.21. The first-order valence-electron chi connectivity index (χ1n) is 5.92. The van der Waals surface area contributed by atoms with Crippen LogP contribution in [0.25, 0.3) is 11.3 Å². The second-order valence-electron chi connectivity index (χ2n) is 4.45. The van der Waals surface area contributed by atoms with Crippen molar-refractivity contribution in [3.05, 3.63) is 41.6 Å². The fourth-order valence-electron chi connectivity index (χ4n) is 1.76. The van der Waals surface area contributed by atoms with Gasteiger partial charge in [0.2, 0.25) is 0 Å². The van der Waals surface area contributed by atoms with Crippen molar-refractivity contribution >= 4 is 0 Å². The van der Waals surface area contributed by atoms with Gasteiger partial charge in [-0.25, -0.2) is 0 Å². The van der Waals surface area contributed by atoms with Crippen molar-refractivity contribution in [2.24, 2.45) is 0 Å². The van der Waals surface area contributed by atoms with E-state index in [1.165, 1.54) is 0 Å². The topological polar surface area (TPSA) is 58.3 Å². The molecule has 95 valence electrons. The number of aromatic nitrogens is 2. The largest absolute Gasteiger partial charge is 0.394 e. The molecule has 2 N–H and O–H groups in total. The van der Waals surface area contributed by atoms with Crippen molar-refractivity contribution in [2.45, 2.75) is 26.5 Å². The van der Waals surface area contributed by atoms with E-state index in [2.05, 4.69) is 11.2 Å². The summed E-state index contributed by atoms with van der Waals surface area (Å²) in [6.07, 6.45) is -0.777. The van der Waals surface area contributed by atoms with Gasteiger partial charge in [-0.3, -0.25) is 4.68 Å². The van der Waals surface area contributed by atoms with E-state index >= 15 is 0 Å². The highest BCUT2D eigenvalue weighted by atomic mass is 16.3. The summed E-state index contributed by atoms with van der Waals surface area (Å²) in [4.78, 5) is 0. The molecule has 1 aromatic carbocycles. The number of aryl methyl sites for hydroxylation is 2. The highest BCUT2D eigenvalue weighted by Gasteiger charge is 2.10. The molecule has 2 rings (SSSR count). The van der Waals surface area contributed by atoms with E-state index in [-0.39, 0.29) is 6.61 Å². The average Bonchev–Trinajstić information content (AvgIpc) is 2.71. The van der Waals surface area contributed by atoms with Crippen LogP contribution >= 0.6 is 0 Å². The predicted octanol–water partition coefficient (Wildman–Crippen LogP) is 1.32. The molecule has 1 aromatic heterocycles. The number of hydrogen-bond donors (Lipinski definition) is 2. The Bertz CT molecular complexity index is 517. The summed E-state index contributed by atoms with van der Waals surface area (Å²) in [5.74, 6) is 0. The normalized spacial score (nSPS) is 12.7. The fraction of sp³-hybridized carbons (Fsp3) is 0.357. The fourth-order valence-corrected chi connectivity index (χ4v) is 1.76. The van der Waals surface area contributed by atoms with Gasteiger partial charge in [-0.15, -0.1) is 0 Å². The third-order valence-electron chi connectivity index (χ3n) is 2.84. The zero-order chi connectivity index (χ0) is 13.1. The maximum Gasteiger partial charge on any atom is 0.0966 e. The van der Waals surface area contributed by atoms with Gasteiger partial charge < -0.3 is 10.2 Å². The smallest absolute Gasteiger partial charge is 0.0966 e. The van der Waals surface area contributed by atoms with Crippen LogP contribution in [0.1, 0.15) is 11.3 Å². The highest BCUT2D eigenvalue weighted by molar-refractivity contribution is 5.59. The van der Waals surface area contributed by atoms with Crippen molar-refractivity contribution in [2.75, 3.05) is 6.61 Å². The molecule has 0 aliphatic carbocycles. The molecule has 1 heterocycles. The molecule has 4 nitrogen and oxygen atoms in total. The summed E-state index contributed by atoms with van der Waals surface area (Å²) in [7, 11) is 0. The van der Waals surface area contributed by atoms with Gasteiger partial charge in [-0.1, -0.05) is 12.1 Å². The average molecular weight is 245 g/mol. The van der Waals surface area contributed by atoms with Gasteiger partial charge in [-0.2, -0.15) is 5.10 Å². The molecule has 2 aromatic rings. The first-order chi connectivity index (χ1) is 8.60. The van der Waals surface area contributed by atoms with Crippen LogP contribution in [0.5, 0.6) is 0 Å². The summed E-state index contributed by atoms with van der Waals surface area (Å²) in [5, 5.41) is 22.7. The number of aliphatic hydroxyl groups excluding tert-OH is 2. The van der Waals surface area contributed by atoms with Gasteiger partial charge in [-0.05, 0) is 37.6 Å². The molecule has 0 fully saturated rings. The lowest BCUT2D eigenvalue weighted by atomic mass is 10.1. The minimum Gasteiger partial charge on any atom is -0.394 e. The molecule has 18 heavy (non-hydrogen) atoms. The van der Waals surface area contributed by atoms with Crippen LogP contribution in [0, 0.1) is 19.9 Å². The number of benzene rings is 1. The van der Waals surface area contributed by atoms with Crippen LogP contribution in [-0.4, -0.2) is 32.7 Å². The van der Waals surface area contributed by atoms with E-state index in [0.29, 0.717) is 6.54 Å². The molecule has 0 spiro atoms. The van der Waals surface area contributed by atoms with Crippen LogP contribution in [0.4, 0.5) is 0 Å². The lowest BCUT2D eigenvalue weighted by Gasteiger charge is -2.08. The van der Waals surface area contributed by atoms with E-state index < -0.39 is 6.10 Å². The molecule has 0 amide bonds. The van der Waals surface area contributed by atoms with Gasteiger partial charge in [0.15, 0.2) is 0 Å². The van der Waals surface area contributed by atoms with Gasteiger partial charge in [0.25, 0.3) is 0 Å². The molecule has 1 atom stereocenters. The van der Waals surface area contributed by atoms with Crippen LogP contribution < -0.4 is 0 Å². The second-order valence-corrected chi connectivity index (χ2v) is 4.45. The van der Waals surface area contributed by atoms with E-state index in [1.54, 1.807) is 4.68 Å². The summed E-state index contributed by atoms with van der Waals surface area (Å²) in [6.45, 7) is 3.97. The Morgan fingerprint density at radius 3 is 2.78 bits per heavy atom. The first kappa shape index (κ1) is 12.8. The van der Waals surface area contributed by atoms with Crippen molar-refractivity contribution < 1.29 is 10.2 Å². The molecule has 1 unspecified atom stereocenters. The second kappa shape index (κ2) is 5.33. The molecule has 0 aliphatic rings. The van der Waals surface area contributed by atoms with Crippen molar-refractivity contribution in [1.82, 2.24) is 9.78 Å². The SMILES string of the molecule is Cc1[c]cc(-c2cc(C)n(CC(O)CO)n2)cc1. The van der Waals surface area contributed by atoms with Gasteiger partial charge >= 0.3 is 0 Å². The monoisotopic (exact) mass is 245 g/mol. The zero-order valence-corrected chi connectivity index (χ0v) is 10.6. The Labute approximate surface area is 107 Å². The zero-order valence-electron chi connectivity index (χ0n) is 10.6. The van der Waals surface area contributed by atoms with E-state index in [1.807, 2.05) is 38.1 Å². The number of rotatable bonds is 4. The maximum atomic E-state index is 9.44. The van der Waals surface area contributed by atoms with Crippen LogP contribution in [0.3, 0.4) is 0 Å². The summed E-state index contributed by atoms with van der Waals surface area (Å²) >= 11 is 0. The quantitative estimate of drug-likeness (QED) is 0.854. The minimum atomic E-state index is -0.777. The van der Waals surface area contributed by atoms with Crippen LogP contribution in [0.2, 0.25) is 0 Å². The Hall–Kier alpha value is -1.65. The van der Waals surface area contributed by atoms with Gasteiger partial charge in [0.1, 0.15) is 0 Å². The van der Waals surface area contributed by atoms with E-state index in [0.717, 1.165) is 22.5 Å². The standard InChI is InChI=1S/C14H17N2O2/c1-10-3-5-12(6-4-10)14-7-11(2)16(15-14)8-13(18)9-17/h3,5-7,13,17-18H,8-9H2,1-2H3. The summed E-state index contributed by atoms with van der Waals surface area (Å²) in [5.41, 5.74) is 3.90. The molecule has 1 radical (unpaired) electrons. The molecular formula is C14H17N2O2. The Balaban J connectivity index is 2.25. The molecule has 0 saturated carbocycles. The number of hydrogen-bond acceptors (Lipinski definition) is 3. The van der Waals surface area contributed by atoms with Gasteiger partial charge in [0.05, 0.1) is 24.9 Å². The first-order valence-corrected chi connectivity index (χ1v) is 5.92. The van der Waals surface area contributed by atoms with Crippen molar-refractivity contribution in [3.8, 4) is 11.3 Å². The van der Waals surface area contributed by atoms with Crippen LogP contribution in [0.15, 0.2) is 24.3 Å². The predicted molar refractivity (Wildman–Crippen MR) is 69.1 cm³/mol. The minimum absolute atomic E-state index is 0.257. The van der Waals surface area contributed by atoms with E-state index in [9.17, 15) is 5.11 Å². The van der Waals surface area contributed by atoms with Gasteiger partial charge in [0, 0.05) is 11.3 Å². The van der Waals surface area contributed by atoms with Crippen molar-refractivity contribution in [1.29, 1.82) is 0 Å². The molecule has 0 saturated heterocycles. The van der Waals surface area contributed by atoms with Crippen LogP contribution in [-0.2, 0) is 6.54 Å². The third-order valence-corrected chi connectivity index (χ3v) is 2.84. The molecular weight excluding hydrogens is 228 g/mol. The number of aliphatic hydroxyl groups is 2. The van der Waals surface area contributed by atoms with E-state index in [4.69, 9.17) is 5.11 Å². The Kier molecular flexibility index (Phi) is 3.79. The molecule has 0 bridgehead atoms. The van der Waals surface area contributed by atoms with Crippen molar-refractivity contribution in [3.63, 3.8) is 0 Å². The third kappa shape index (κ3) is 2.78. The number of nitrogens with zero attached hydrogens (tertiary/aromatic N) is 2. The summed E-state index contributed by atoms with van der Waals surface area (Å²) < 4.78 is 1.70. The highest BCUT2D eigenvalue weighted by Crippen LogP contribution is 2.19.